The molecule has 0 radical (unpaired) electrons. The van der Waals surface area contributed by atoms with Crippen LogP contribution in [0.15, 0.2) is 164 Å². The minimum atomic E-state index is -2.80. The molecule has 13 heteroatoms. The van der Waals surface area contributed by atoms with Gasteiger partial charge in [-0.1, -0.05) is 97.1 Å². The molecule has 0 unspecified atom stereocenters. The number of hydrogen-bond donors (Lipinski definition) is 1. The van der Waals surface area contributed by atoms with Crippen molar-refractivity contribution < 1.29 is 62.2 Å². The van der Waals surface area contributed by atoms with E-state index < -0.39 is 66.2 Å². The van der Waals surface area contributed by atoms with E-state index in [2.05, 4.69) is 0 Å². The van der Waals surface area contributed by atoms with E-state index in [4.69, 9.17) is 33.2 Å². The lowest BCUT2D eigenvalue weighted by molar-refractivity contribution is -0.360. The van der Waals surface area contributed by atoms with Gasteiger partial charge in [-0.05, 0) is 104 Å². The highest BCUT2D eigenvalue weighted by Gasteiger charge is 2.62. The predicted molar refractivity (Wildman–Crippen MR) is 239 cm³/mol. The summed E-state index contributed by atoms with van der Waals surface area (Å²) in [6.07, 6.45) is -8.44. The molecule has 0 aliphatic carbocycles. The topological polar surface area (TPSA) is 170 Å². The van der Waals surface area contributed by atoms with Gasteiger partial charge in [0.15, 0.2) is 12.2 Å². The van der Waals surface area contributed by atoms with E-state index in [0.29, 0.717) is 23.5 Å². The van der Waals surface area contributed by atoms with Crippen LogP contribution in [0.5, 0.6) is 5.75 Å². The molecular formula is C53H48O13. The number of ether oxygens (including phenoxy) is 7. The van der Waals surface area contributed by atoms with Crippen LogP contribution in [0.3, 0.4) is 0 Å². The summed E-state index contributed by atoms with van der Waals surface area (Å²) in [5.41, 5.74) is 2.05. The summed E-state index contributed by atoms with van der Waals surface area (Å²) in [5.74, 6) is -6.29. The maximum atomic E-state index is 14.3. The number of carbonyl (C=O) groups is 5. The van der Waals surface area contributed by atoms with Crippen LogP contribution in [-0.2, 0) is 52.0 Å². The normalized spacial score (nSPS) is 19.3. The number of hydrogen-bond acceptors (Lipinski definition) is 13. The fourth-order valence-corrected chi connectivity index (χ4v) is 7.56. The number of carbonyl (C=O) groups excluding carboxylic acids is 5. The summed E-state index contributed by atoms with van der Waals surface area (Å²) in [6.45, 7) is 4.83. The van der Waals surface area contributed by atoms with Gasteiger partial charge in [0, 0.05) is 12.5 Å². The fraction of sp³-hybridized carbons (Fsp3) is 0.226. The Morgan fingerprint density at radius 1 is 0.606 bits per heavy atom. The smallest absolute Gasteiger partial charge is 0.338 e. The van der Waals surface area contributed by atoms with E-state index in [0.717, 1.165) is 5.56 Å². The molecule has 1 N–H and O–H groups in total. The van der Waals surface area contributed by atoms with Gasteiger partial charge in [0.1, 0.15) is 24.6 Å². The Balaban J connectivity index is 1.44. The van der Waals surface area contributed by atoms with E-state index in [9.17, 15) is 29.1 Å². The summed E-state index contributed by atoms with van der Waals surface area (Å²) < 4.78 is 42.7. The van der Waals surface area contributed by atoms with Crippen molar-refractivity contribution in [3.63, 3.8) is 0 Å². The second-order valence-corrected chi connectivity index (χ2v) is 15.4. The Kier molecular flexibility index (Phi) is 15.0. The molecule has 1 aliphatic heterocycles. The van der Waals surface area contributed by atoms with Crippen LogP contribution in [0.4, 0.5) is 0 Å². The first-order valence-corrected chi connectivity index (χ1v) is 21.3. The summed E-state index contributed by atoms with van der Waals surface area (Å²) in [7, 11) is 0. The Morgan fingerprint density at radius 2 is 1.08 bits per heavy atom. The van der Waals surface area contributed by atoms with E-state index in [1.54, 1.807) is 109 Å². The Morgan fingerprint density at radius 3 is 1.58 bits per heavy atom. The van der Waals surface area contributed by atoms with Crippen molar-refractivity contribution in [2.75, 3.05) is 6.61 Å². The van der Waals surface area contributed by atoms with Gasteiger partial charge < -0.3 is 38.3 Å². The van der Waals surface area contributed by atoms with Crippen LogP contribution in [-0.4, -0.2) is 72.1 Å². The third-order valence-corrected chi connectivity index (χ3v) is 10.8. The lowest BCUT2D eigenvalue weighted by atomic mass is 9.82. The molecule has 6 aromatic carbocycles. The van der Waals surface area contributed by atoms with E-state index >= 15 is 0 Å². The third kappa shape index (κ3) is 11.2. The molecule has 0 amide bonds. The average molecular weight is 893 g/mol. The van der Waals surface area contributed by atoms with Gasteiger partial charge in [-0.25, -0.2) is 19.2 Å². The van der Waals surface area contributed by atoms with Gasteiger partial charge in [0.05, 0.1) is 28.9 Å². The van der Waals surface area contributed by atoms with Crippen LogP contribution in [0, 0.1) is 0 Å². The molecule has 13 nitrogen and oxygen atoms in total. The van der Waals surface area contributed by atoms with Gasteiger partial charge >= 0.3 is 29.8 Å². The fourth-order valence-electron chi connectivity index (χ4n) is 7.56. The number of esters is 5. The molecule has 1 fully saturated rings. The SMILES string of the molecule is CCOc1ccc(Cc2ccc(COC(C)=O)cc2[C@@]2(O)O[C@H]([C@H](C)OC(=O)c3ccccc3)[C@@H](OC(=O)c3ccccc3)[C@H](OC(=O)c3ccccc3)[C@H]2OC(=O)c2ccccc2)cc1. The van der Waals surface area contributed by atoms with Crippen LogP contribution < -0.4 is 4.74 Å². The van der Waals surface area contributed by atoms with Gasteiger partial charge in [-0.15, -0.1) is 0 Å². The molecular weight excluding hydrogens is 845 g/mol. The van der Waals surface area contributed by atoms with Crippen molar-refractivity contribution in [3.8, 4) is 5.75 Å². The highest BCUT2D eigenvalue weighted by atomic mass is 16.7. The minimum absolute atomic E-state index is 0.00656. The van der Waals surface area contributed by atoms with Crippen molar-refractivity contribution in [1.82, 2.24) is 0 Å². The molecule has 66 heavy (non-hydrogen) atoms. The lowest BCUT2D eigenvalue weighted by Crippen LogP contribution is -2.68. The second-order valence-electron chi connectivity index (χ2n) is 15.4. The molecule has 0 saturated carbocycles. The van der Waals surface area contributed by atoms with Crippen molar-refractivity contribution in [3.05, 3.63) is 208 Å². The molecule has 7 rings (SSSR count). The van der Waals surface area contributed by atoms with Gasteiger partial charge in [0.25, 0.3) is 0 Å². The van der Waals surface area contributed by atoms with Crippen molar-refractivity contribution in [1.29, 1.82) is 0 Å². The number of rotatable bonds is 16. The first-order chi connectivity index (χ1) is 31.9. The first-order valence-electron chi connectivity index (χ1n) is 21.3. The molecule has 6 aromatic rings. The maximum Gasteiger partial charge on any atom is 0.338 e. The minimum Gasteiger partial charge on any atom is -0.494 e. The predicted octanol–water partition coefficient (Wildman–Crippen LogP) is 8.21. The molecule has 1 saturated heterocycles. The Hall–Kier alpha value is -7.61. The van der Waals surface area contributed by atoms with Crippen LogP contribution in [0.25, 0.3) is 0 Å². The summed E-state index contributed by atoms with van der Waals surface area (Å²) in [4.78, 5) is 68.6. The highest BCUT2D eigenvalue weighted by Crippen LogP contribution is 2.45. The van der Waals surface area contributed by atoms with Crippen molar-refractivity contribution >= 4 is 29.8 Å². The van der Waals surface area contributed by atoms with Crippen LogP contribution in [0.2, 0.25) is 0 Å². The van der Waals surface area contributed by atoms with Crippen molar-refractivity contribution in [2.45, 2.75) is 70.1 Å². The van der Waals surface area contributed by atoms with Crippen molar-refractivity contribution in [2.24, 2.45) is 0 Å². The quantitative estimate of drug-likeness (QED) is 0.0729. The van der Waals surface area contributed by atoms with Gasteiger partial charge in [-0.2, -0.15) is 0 Å². The molecule has 0 spiro atoms. The molecule has 1 heterocycles. The third-order valence-electron chi connectivity index (χ3n) is 10.8. The molecule has 338 valence electrons. The van der Waals surface area contributed by atoms with Gasteiger partial charge in [0.2, 0.25) is 11.9 Å². The molecule has 0 aromatic heterocycles. The summed E-state index contributed by atoms with van der Waals surface area (Å²) in [5, 5.41) is 13.7. The largest absolute Gasteiger partial charge is 0.494 e. The van der Waals surface area contributed by atoms with Gasteiger partial charge in [-0.3, -0.25) is 4.79 Å². The molecule has 6 atom stereocenters. The van der Waals surface area contributed by atoms with E-state index in [1.807, 2.05) is 19.1 Å². The standard InChI is InChI=1S/C53H48O13/c1-4-60-43-29-26-36(27-30-43)31-42-28-25-37(33-61-35(3)54)32-44(42)53(59)48(65-52(58)41-23-15-8-16-24-41)47(64-51(57)40-21-13-7-14-22-40)46(63-50(56)39-19-11-6-12-20-39)45(66-53)34(2)62-49(55)38-17-9-5-10-18-38/h5-30,32,34,45-48,59H,4,31,33H2,1-3H3/t34-,45+,46+,47-,48+,53+/m0/s1. The highest BCUT2D eigenvalue weighted by molar-refractivity contribution is 5.92. The number of aliphatic hydroxyl groups is 1. The zero-order chi connectivity index (χ0) is 46.6. The zero-order valence-electron chi connectivity index (χ0n) is 36.4. The van der Waals surface area contributed by atoms with E-state index in [-0.39, 0.29) is 40.8 Å². The monoisotopic (exact) mass is 892 g/mol. The molecule has 0 bridgehead atoms. The Bertz CT molecular complexity index is 2600. The lowest BCUT2D eigenvalue weighted by Gasteiger charge is -2.50. The van der Waals surface area contributed by atoms with Crippen LogP contribution >= 0.6 is 0 Å². The molecule has 1 aliphatic rings. The zero-order valence-corrected chi connectivity index (χ0v) is 36.4. The first kappa shape index (κ1) is 46.4. The van der Waals surface area contributed by atoms with Crippen LogP contribution in [0.1, 0.15) is 84.5 Å². The van der Waals surface area contributed by atoms with E-state index in [1.165, 1.54) is 56.3 Å². The second kappa shape index (κ2) is 21.4. The average Bonchev–Trinajstić information content (AvgIpc) is 3.34. The maximum absolute atomic E-state index is 14.3. The summed E-state index contributed by atoms with van der Waals surface area (Å²) >= 11 is 0. The Labute approximate surface area is 381 Å². The summed E-state index contributed by atoms with van der Waals surface area (Å²) in [6, 6.07) is 44.2. The number of benzene rings is 6.